The van der Waals surface area contributed by atoms with Crippen LogP contribution in [0.15, 0.2) is 35.1 Å². The molecule has 1 aromatic carbocycles. The van der Waals surface area contributed by atoms with Crippen LogP contribution in [0.1, 0.15) is 20.8 Å². The van der Waals surface area contributed by atoms with Gasteiger partial charge in [0, 0.05) is 29.9 Å². The molecule has 0 aliphatic heterocycles. The minimum atomic E-state index is 0.156. The second kappa shape index (κ2) is 5.84. The number of aromatic nitrogens is 2. The van der Waals surface area contributed by atoms with E-state index in [0.717, 1.165) is 24.3 Å². The van der Waals surface area contributed by atoms with E-state index in [-0.39, 0.29) is 5.54 Å². The standard InChI is InChI=1S/C14H20N4O/c1-14(2,3)16-9-8-15-12-6-4-11(5-7-12)13-18-17-10-19-13/h4-7,10,15-16H,8-9H2,1-3H3. The van der Waals surface area contributed by atoms with Crippen LogP contribution in [-0.4, -0.2) is 28.8 Å². The monoisotopic (exact) mass is 260 g/mol. The van der Waals surface area contributed by atoms with Gasteiger partial charge in [-0.05, 0) is 45.0 Å². The summed E-state index contributed by atoms with van der Waals surface area (Å²) in [5.41, 5.74) is 2.17. The van der Waals surface area contributed by atoms with Crippen LogP contribution in [0.25, 0.3) is 11.5 Å². The Morgan fingerprint density at radius 3 is 2.42 bits per heavy atom. The zero-order chi connectivity index (χ0) is 13.7. The highest BCUT2D eigenvalue weighted by atomic mass is 16.4. The highest BCUT2D eigenvalue weighted by Gasteiger charge is 2.07. The third kappa shape index (κ3) is 4.37. The van der Waals surface area contributed by atoms with Gasteiger partial charge in [0.1, 0.15) is 0 Å². The fourth-order valence-corrected chi connectivity index (χ4v) is 1.67. The Labute approximate surface area is 113 Å². The van der Waals surface area contributed by atoms with Crippen LogP contribution >= 0.6 is 0 Å². The molecule has 1 heterocycles. The van der Waals surface area contributed by atoms with E-state index in [1.165, 1.54) is 6.39 Å². The zero-order valence-electron chi connectivity index (χ0n) is 11.6. The van der Waals surface area contributed by atoms with Crippen LogP contribution in [0.5, 0.6) is 0 Å². The molecule has 2 N–H and O–H groups in total. The van der Waals surface area contributed by atoms with Gasteiger partial charge in [-0.3, -0.25) is 0 Å². The van der Waals surface area contributed by atoms with E-state index in [0.29, 0.717) is 5.89 Å². The lowest BCUT2D eigenvalue weighted by Crippen LogP contribution is -2.38. The summed E-state index contributed by atoms with van der Waals surface area (Å²) in [5, 5.41) is 14.3. The zero-order valence-corrected chi connectivity index (χ0v) is 11.6. The Hall–Kier alpha value is -1.88. The van der Waals surface area contributed by atoms with Gasteiger partial charge >= 0.3 is 0 Å². The van der Waals surface area contributed by atoms with E-state index < -0.39 is 0 Å². The van der Waals surface area contributed by atoms with Crippen LogP contribution in [0, 0.1) is 0 Å². The summed E-state index contributed by atoms with van der Waals surface area (Å²) >= 11 is 0. The van der Waals surface area contributed by atoms with E-state index in [1.54, 1.807) is 0 Å². The van der Waals surface area contributed by atoms with Gasteiger partial charge in [-0.25, -0.2) is 0 Å². The molecule has 0 aliphatic carbocycles. The number of benzene rings is 1. The third-order valence-corrected chi connectivity index (χ3v) is 2.60. The fourth-order valence-electron chi connectivity index (χ4n) is 1.67. The molecule has 1 aromatic heterocycles. The Kier molecular flexibility index (Phi) is 4.16. The maximum atomic E-state index is 5.14. The van der Waals surface area contributed by atoms with E-state index in [4.69, 9.17) is 4.42 Å². The van der Waals surface area contributed by atoms with Gasteiger partial charge < -0.3 is 15.1 Å². The highest BCUT2D eigenvalue weighted by molar-refractivity contribution is 5.58. The maximum Gasteiger partial charge on any atom is 0.247 e. The average Bonchev–Trinajstić information content (AvgIpc) is 2.88. The molecular weight excluding hydrogens is 240 g/mol. The van der Waals surface area contributed by atoms with Crippen LogP contribution in [0.3, 0.4) is 0 Å². The van der Waals surface area contributed by atoms with Gasteiger partial charge in [-0.2, -0.15) is 0 Å². The Balaban J connectivity index is 1.83. The van der Waals surface area contributed by atoms with Crippen molar-refractivity contribution in [2.45, 2.75) is 26.3 Å². The van der Waals surface area contributed by atoms with Gasteiger partial charge in [0.15, 0.2) is 0 Å². The molecule has 2 aromatic rings. The van der Waals surface area contributed by atoms with Crippen molar-refractivity contribution in [1.82, 2.24) is 15.5 Å². The van der Waals surface area contributed by atoms with Crippen LogP contribution < -0.4 is 10.6 Å². The number of nitrogens with zero attached hydrogens (tertiary/aromatic N) is 2. The topological polar surface area (TPSA) is 63.0 Å². The first-order valence-electron chi connectivity index (χ1n) is 6.40. The van der Waals surface area contributed by atoms with Crippen molar-refractivity contribution in [2.75, 3.05) is 18.4 Å². The molecule has 0 saturated carbocycles. The van der Waals surface area contributed by atoms with Crippen molar-refractivity contribution in [1.29, 1.82) is 0 Å². The van der Waals surface area contributed by atoms with Crippen LogP contribution in [0.2, 0.25) is 0 Å². The summed E-state index contributed by atoms with van der Waals surface area (Å²) in [6.07, 6.45) is 1.33. The van der Waals surface area contributed by atoms with Gasteiger partial charge in [-0.15, -0.1) is 10.2 Å². The molecule has 2 rings (SSSR count). The van der Waals surface area contributed by atoms with Crippen LogP contribution in [0.4, 0.5) is 5.69 Å². The fraction of sp³-hybridized carbons (Fsp3) is 0.429. The van der Waals surface area contributed by atoms with Crippen molar-refractivity contribution < 1.29 is 4.42 Å². The van der Waals surface area contributed by atoms with E-state index in [1.807, 2.05) is 24.3 Å². The van der Waals surface area contributed by atoms with Crippen LogP contribution in [-0.2, 0) is 0 Å². The molecule has 0 radical (unpaired) electrons. The first kappa shape index (κ1) is 13.5. The molecular formula is C14H20N4O. The van der Waals surface area contributed by atoms with Crippen molar-refractivity contribution in [3.63, 3.8) is 0 Å². The van der Waals surface area contributed by atoms with Crippen molar-refractivity contribution in [2.24, 2.45) is 0 Å². The second-order valence-corrected chi connectivity index (χ2v) is 5.42. The van der Waals surface area contributed by atoms with Crippen molar-refractivity contribution >= 4 is 5.69 Å². The summed E-state index contributed by atoms with van der Waals surface area (Å²) in [7, 11) is 0. The number of hydrogen-bond donors (Lipinski definition) is 2. The highest BCUT2D eigenvalue weighted by Crippen LogP contribution is 2.18. The normalized spacial score (nSPS) is 11.5. The third-order valence-electron chi connectivity index (χ3n) is 2.60. The Morgan fingerprint density at radius 2 is 1.84 bits per heavy atom. The molecule has 19 heavy (non-hydrogen) atoms. The molecule has 0 fully saturated rings. The summed E-state index contributed by atoms with van der Waals surface area (Å²) in [6, 6.07) is 7.95. The average molecular weight is 260 g/mol. The minimum Gasteiger partial charge on any atom is -0.423 e. The number of anilines is 1. The molecule has 0 atom stereocenters. The van der Waals surface area contributed by atoms with Crippen molar-refractivity contribution in [3.05, 3.63) is 30.7 Å². The van der Waals surface area contributed by atoms with E-state index >= 15 is 0 Å². The largest absolute Gasteiger partial charge is 0.423 e. The quantitative estimate of drug-likeness (QED) is 0.809. The van der Waals surface area contributed by atoms with Gasteiger partial charge in [0.2, 0.25) is 12.3 Å². The lowest BCUT2D eigenvalue weighted by molar-refractivity contribution is 0.435. The molecule has 5 heteroatoms. The molecule has 0 unspecified atom stereocenters. The molecule has 0 amide bonds. The number of nitrogens with one attached hydrogen (secondary N) is 2. The van der Waals surface area contributed by atoms with Gasteiger partial charge in [0.05, 0.1) is 0 Å². The summed E-state index contributed by atoms with van der Waals surface area (Å²) in [6.45, 7) is 8.29. The lowest BCUT2D eigenvalue weighted by atomic mass is 10.1. The first-order valence-corrected chi connectivity index (χ1v) is 6.40. The summed E-state index contributed by atoms with van der Waals surface area (Å²) < 4.78 is 5.14. The van der Waals surface area contributed by atoms with Gasteiger partial charge in [-0.1, -0.05) is 0 Å². The van der Waals surface area contributed by atoms with Crippen molar-refractivity contribution in [3.8, 4) is 11.5 Å². The Bertz CT molecular complexity index is 485. The van der Waals surface area contributed by atoms with Gasteiger partial charge in [0.25, 0.3) is 0 Å². The smallest absolute Gasteiger partial charge is 0.247 e. The maximum absolute atomic E-state index is 5.14. The molecule has 0 saturated heterocycles. The molecule has 5 nitrogen and oxygen atoms in total. The number of hydrogen-bond acceptors (Lipinski definition) is 5. The summed E-state index contributed by atoms with van der Waals surface area (Å²) in [4.78, 5) is 0. The predicted octanol–water partition coefficient (Wildman–Crippen LogP) is 2.54. The molecule has 0 spiro atoms. The SMILES string of the molecule is CC(C)(C)NCCNc1ccc(-c2nnco2)cc1. The molecule has 0 bridgehead atoms. The van der Waals surface area contributed by atoms with E-state index in [9.17, 15) is 0 Å². The predicted molar refractivity (Wildman–Crippen MR) is 76.0 cm³/mol. The first-order chi connectivity index (χ1) is 9.04. The second-order valence-electron chi connectivity index (χ2n) is 5.42. The minimum absolute atomic E-state index is 0.156. The molecule has 0 aliphatic rings. The summed E-state index contributed by atoms with van der Waals surface area (Å²) in [5.74, 6) is 0.543. The lowest BCUT2D eigenvalue weighted by Gasteiger charge is -2.20. The number of rotatable bonds is 5. The van der Waals surface area contributed by atoms with E-state index in [2.05, 4.69) is 41.6 Å². The Morgan fingerprint density at radius 1 is 1.11 bits per heavy atom. The molecule has 102 valence electrons.